The zero-order valence-electron chi connectivity index (χ0n) is 12.5. The molecule has 1 unspecified atom stereocenters. The topological polar surface area (TPSA) is 39.1 Å². The van der Waals surface area contributed by atoms with Crippen LogP contribution in [-0.4, -0.2) is 19.6 Å². The van der Waals surface area contributed by atoms with E-state index < -0.39 is 0 Å². The smallest absolute Gasteiger partial charge is 0.101 e. The Morgan fingerprint density at radius 2 is 2.11 bits per heavy atom. The number of rotatable bonds is 7. The van der Waals surface area contributed by atoms with Crippen molar-refractivity contribution in [1.82, 2.24) is 5.32 Å². The zero-order chi connectivity index (χ0) is 14.3. The largest absolute Gasteiger partial charge is 0.371 e. The van der Waals surface area contributed by atoms with E-state index in [2.05, 4.69) is 56.2 Å². The molecule has 3 nitrogen and oxygen atoms in total. The molecule has 19 heavy (non-hydrogen) atoms. The van der Waals surface area contributed by atoms with Crippen LogP contribution in [0.2, 0.25) is 0 Å². The Hall–Kier alpha value is -1.53. The third kappa shape index (κ3) is 4.25. The van der Waals surface area contributed by atoms with E-state index in [0.717, 1.165) is 37.2 Å². The molecule has 104 valence electrons. The summed E-state index contributed by atoms with van der Waals surface area (Å²) in [6, 6.07) is 8.94. The second-order valence-corrected chi connectivity index (χ2v) is 4.99. The first-order valence-corrected chi connectivity index (χ1v) is 7.10. The van der Waals surface area contributed by atoms with Gasteiger partial charge in [-0.1, -0.05) is 26.3 Å². The normalized spacial score (nSPS) is 11.9. The van der Waals surface area contributed by atoms with Gasteiger partial charge in [-0.2, -0.15) is 5.26 Å². The number of benzene rings is 1. The van der Waals surface area contributed by atoms with Gasteiger partial charge in [-0.15, -0.1) is 0 Å². The van der Waals surface area contributed by atoms with Gasteiger partial charge in [0.2, 0.25) is 0 Å². The van der Waals surface area contributed by atoms with Crippen LogP contribution >= 0.6 is 0 Å². The Kier molecular flexibility index (Phi) is 6.38. The predicted octanol–water partition coefficient (Wildman–Crippen LogP) is 3.29. The Balaban J connectivity index is 2.92. The van der Waals surface area contributed by atoms with E-state index in [4.69, 9.17) is 0 Å². The van der Waals surface area contributed by atoms with Crippen molar-refractivity contribution < 1.29 is 0 Å². The monoisotopic (exact) mass is 259 g/mol. The van der Waals surface area contributed by atoms with Crippen LogP contribution in [0.15, 0.2) is 18.2 Å². The number of nitrogens with one attached hydrogen (secondary N) is 1. The number of anilines is 1. The van der Waals surface area contributed by atoms with E-state index in [9.17, 15) is 5.26 Å². The zero-order valence-corrected chi connectivity index (χ0v) is 12.5. The fraction of sp³-hybridized carbons (Fsp3) is 0.562. The van der Waals surface area contributed by atoms with Crippen LogP contribution in [0.1, 0.15) is 44.7 Å². The highest BCUT2D eigenvalue weighted by molar-refractivity contribution is 5.60. The minimum absolute atomic E-state index is 0.455. The first-order chi connectivity index (χ1) is 9.13. The van der Waals surface area contributed by atoms with Gasteiger partial charge < -0.3 is 10.2 Å². The average Bonchev–Trinajstić information content (AvgIpc) is 2.44. The third-order valence-corrected chi connectivity index (χ3v) is 3.51. The lowest BCUT2D eigenvalue weighted by Gasteiger charge is -2.28. The summed E-state index contributed by atoms with van der Waals surface area (Å²) in [5.74, 6) is 0. The fourth-order valence-electron chi connectivity index (χ4n) is 2.21. The molecule has 0 spiro atoms. The summed E-state index contributed by atoms with van der Waals surface area (Å²) < 4.78 is 0. The minimum atomic E-state index is 0.455. The molecule has 1 rings (SSSR count). The molecule has 1 N–H and O–H groups in total. The fourth-order valence-corrected chi connectivity index (χ4v) is 2.21. The van der Waals surface area contributed by atoms with Crippen molar-refractivity contribution in [3.63, 3.8) is 0 Å². The van der Waals surface area contributed by atoms with Gasteiger partial charge in [-0.3, -0.25) is 0 Å². The molecule has 0 aliphatic carbocycles. The van der Waals surface area contributed by atoms with Gasteiger partial charge in [-0.25, -0.2) is 0 Å². The molecule has 0 aliphatic heterocycles. The summed E-state index contributed by atoms with van der Waals surface area (Å²) in [5, 5.41) is 12.6. The van der Waals surface area contributed by atoms with Gasteiger partial charge in [0.25, 0.3) is 0 Å². The molecule has 0 bridgehead atoms. The molecule has 0 aliphatic rings. The molecule has 0 aromatic heterocycles. The van der Waals surface area contributed by atoms with E-state index >= 15 is 0 Å². The molecule has 1 aromatic carbocycles. The van der Waals surface area contributed by atoms with Crippen LogP contribution in [0.5, 0.6) is 0 Å². The summed E-state index contributed by atoms with van der Waals surface area (Å²) in [7, 11) is 2.07. The first kappa shape index (κ1) is 15.5. The van der Waals surface area contributed by atoms with Crippen LogP contribution in [0.3, 0.4) is 0 Å². The number of nitriles is 1. The molecule has 1 aromatic rings. The van der Waals surface area contributed by atoms with Crippen LogP contribution in [-0.2, 0) is 6.54 Å². The SMILES string of the molecule is CCCC(C)N(C)c1ccc(CNCC)cc1C#N. The molecule has 0 heterocycles. The summed E-state index contributed by atoms with van der Waals surface area (Å²) >= 11 is 0. The van der Waals surface area contributed by atoms with E-state index in [1.54, 1.807) is 0 Å². The van der Waals surface area contributed by atoms with Crippen molar-refractivity contribution in [1.29, 1.82) is 5.26 Å². The molecule has 3 heteroatoms. The molecule has 0 saturated carbocycles. The van der Waals surface area contributed by atoms with Gasteiger partial charge >= 0.3 is 0 Å². The van der Waals surface area contributed by atoms with Crippen molar-refractivity contribution in [2.24, 2.45) is 0 Å². The lowest BCUT2D eigenvalue weighted by Crippen LogP contribution is -2.29. The van der Waals surface area contributed by atoms with Gasteiger partial charge in [0, 0.05) is 19.6 Å². The van der Waals surface area contributed by atoms with E-state index in [1.807, 2.05) is 6.07 Å². The molecular weight excluding hydrogens is 234 g/mol. The summed E-state index contributed by atoms with van der Waals surface area (Å²) in [5.41, 5.74) is 2.96. The second kappa shape index (κ2) is 7.81. The summed E-state index contributed by atoms with van der Waals surface area (Å²) in [6.07, 6.45) is 2.30. The Bertz CT molecular complexity index is 434. The second-order valence-electron chi connectivity index (χ2n) is 4.99. The highest BCUT2D eigenvalue weighted by Gasteiger charge is 2.13. The van der Waals surface area contributed by atoms with Crippen molar-refractivity contribution in [2.45, 2.75) is 46.2 Å². The van der Waals surface area contributed by atoms with Crippen LogP contribution in [0.25, 0.3) is 0 Å². The highest BCUT2D eigenvalue weighted by atomic mass is 15.1. The maximum atomic E-state index is 9.33. The average molecular weight is 259 g/mol. The van der Waals surface area contributed by atoms with Crippen molar-refractivity contribution in [2.75, 3.05) is 18.5 Å². The Morgan fingerprint density at radius 1 is 1.37 bits per heavy atom. The van der Waals surface area contributed by atoms with Crippen molar-refractivity contribution in [3.05, 3.63) is 29.3 Å². The summed E-state index contributed by atoms with van der Waals surface area (Å²) in [6.45, 7) is 8.24. The summed E-state index contributed by atoms with van der Waals surface area (Å²) in [4.78, 5) is 2.21. The molecular formula is C16H25N3. The standard InChI is InChI=1S/C16H25N3/c1-5-7-13(3)19(4)16-9-8-14(12-18-6-2)10-15(16)11-17/h8-10,13,18H,5-7,12H2,1-4H3. The minimum Gasteiger partial charge on any atom is -0.371 e. The first-order valence-electron chi connectivity index (χ1n) is 7.10. The number of nitrogens with zero attached hydrogens (tertiary/aromatic N) is 2. The number of hydrogen-bond donors (Lipinski definition) is 1. The molecule has 0 amide bonds. The highest BCUT2D eigenvalue weighted by Crippen LogP contribution is 2.23. The van der Waals surface area contributed by atoms with Crippen LogP contribution in [0.4, 0.5) is 5.69 Å². The maximum absolute atomic E-state index is 9.33. The molecule has 0 radical (unpaired) electrons. The maximum Gasteiger partial charge on any atom is 0.101 e. The lowest BCUT2D eigenvalue weighted by molar-refractivity contribution is 0.615. The van der Waals surface area contributed by atoms with Gasteiger partial charge in [0.1, 0.15) is 6.07 Å². The van der Waals surface area contributed by atoms with Gasteiger partial charge in [-0.05, 0) is 37.6 Å². The lowest BCUT2D eigenvalue weighted by atomic mass is 10.1. The molecule has 0 fully saturated rings. The van der Waals surface area contributed by atoms with Gasteiger partial charge in [0.15, 0.2) is 0 Å². The van der Waals surface area contributed by atoms with Gasteiger partial charge in [0.05, 0.1) is 11.3 Å². The van der Waals surface area contributed by atoms with Crippen molar-refractivity contribution >= 4 is 5.69 Å². The van der Waals surface area contributed by atoms with Crippen molar-refractivity contribution in [3.8, 4) is 6.07 Å². The van der Waals surface area contributed by atoms with Crippen LogP contribution in [0, 0.1) is 11.3 Å². The molecule has 0 saturated heterocycles. The quantitative estimate of drug-likeness (QED) is 0.816. The van der Waals surface area contributed by atoms with E-state index in [1.165, 1.54) is 5.56 Å². The molecule has 1 atom stereocenters. The predicted molar refractivity (Wildman–Crippen MR) is 81.3 cm³/mol. The number of hydrogen-bond acceptors (Lipinski definition) is 3. The Labute approximate surface area is 117 Å². The third-order valence-electron chi connectivity index (χ3n) is 3.51. The Morgan fingerprint density at radius 3 is 2.68 bits per heavy atom. The van der Waals surface area contributed by atoms with E-state index in [0.29, 0.717) is 6.04 Å². The van der Waals surface area contributed by atoms with E-state index in [-0.39, 0.29) is 0 Å². The van der Waals surface area contributed by atoms with Crippen LogP contribution < -0.4 is 10.2 Å².